The highest BCUT2D eigenvalue weighted by Crippen LogP contribution is 2.22. The standard InChI is InChI=1S/C28H32ClN3O3/c1-20-8-4-7-11-24(20)30-14-16-31(17-15-30)28(34)27-25(19-35-3)32(21(2)18-26(27)33)13-12-22-9-5-6-10-23(22)29/h4-11,18H,12-17,19H2,1-3H3. The quantitative estimate of drug-likeness (QED) is 0.487. The summed E-state index contributed by atoms with van der Waals surface area (Å²) in [6, 6.07) is 17.6. The van der Waals surface area contributed by atoms with Gasteiger partial charge in [0.1, 0.15) is 5.56 Å². The van der Waals surface area contributed by atoms with Gasteiger partial charge in [-0.05, 0) is 43.5 Å². The molecule has 0 spiro atoms. The van der Waals surface area contributed by atoms with Gasteiger partial charge in [0.2, 0.25) is 0 Å². The zero-order chi connectivity index (χ0) is 24.9. The van der Waals surface area contributed by atoms with Crippen molar-refractivity contribution in [1.82, 2.24) is 9.47 Å². The van der Waals surface area contributed by atoms with E-state index in [1.54, 1.807) is 18.1 Å². The molecule has 3 aromatic rings. The van der Waals surface area contributed by atoms with Crippen LogP contribution in [0.4, 0.5) is 5.69 Å². The highest BCUT2D eigenvalue weighted by molar-refractivity contribution is 6.31. The molecule has 1 amide bonds. The molecule has 1 aromatic heterocycles. The van der Waals surface area contributed by atoms with Crippen LogP contribution >= 0.6 is 11.6 Å². The molecule has 4 rings (SSSR count). The molecule has 0 saturated carbocycles. The van der Waals surface area contributed by atoms with Crippen LogP contribution in [0.15, 0.2) is 59.4 Å². The molecule has 35 heavy (non-hydrogen) atoms. The Bertz CT molecular complexity index is 1260. The number of pyridine rings is 1. The molecule has 1 aliphatic heterocycles. The number of para-hydroxylation sites is 1. The lowest BCUT2D eigenvalue weighted by Crippen LogP contribution is -2.50. The van der Waals surface area contributed by atoms with Crippen molar-refractivity contribution in [1.29, 1.82) is 0 Å². The van der Waals surface area contributed by atoms with E-state index < -0.39 is 0 Å². The second-order valence-electron chi connectivity index (χ2n) is 8.96. The van der Waals surface area contributed by atoms with Crippen molar-refractivity contribution in [2.75, 3.05) is 38.2 Å². The number of anilines is 1. The molecule has 0 aliphatic carbocycles. The Morgan fingerprint density at radius 3 is 2.37 bits per heavy atom. The van der Waals surface area contributed by atoms with Gasteiger partial charge in [-0.15, -0.1) is 0 Å². The van der Waals surface area contributed by atoms with E-state index in [0.717, 1.165) is 24.3 Å². The first kappa shape index (κ1) is 25.0. The van der Waals surface area contributed by atoms with Crippen LogP contribution in [0, 0.1) is 13.8 Å². The lowest BCUT2D eigenvalue weighted by Gasteiger charge is -2.37. The van der Waals surface area contributed by atoms with Crippen LogP contribution in [-0.4, -0.2) is 48.7 Å². The number of piperazine rings is 1. The van der Waals surface area contributed by atoms with Gasteiger partial charge in [0.05, 0.1) is 12.3 Å². The lowest BCUT2D eigenvalue weighted by molar-refractivity contribution is 0.0738. The maximum atomic E-state index is 13.6. The van der Waals surface area contributed by atoms with Crippen LogP contribution in [0.1, 0.15) is 32.9 Å². The summed E-state index contributed by atoms with van der Waals surface area (Å²) in [7, 11) is 1.58. The van der Waals surface area contributed by atoms with Crippen LogP contribution in [0.2, 0.25) is 5.02 Å². The number of methoxy groups -OCH3 is 1. The number of amides is 1. The Hall–Kier alpha value is -3.09. The first-order chi connectivity index (χ1) is 16.9. The van der Waals surface area contributed by atoms with Gasteiger partial charge in [-0.3, -0.25) is 9.59 Å². The predicted octanol–water partition coefficient (Wildman–Crippen LogP) is 4.47. The summed E-state index contributed by atoms with van der Waals surface area (Å²) in [5.74, 6) is -0.224. The first-order valence-corrected chi connectivity index (χ1v) is 12.3. The summed E-state index contributed by atoms with van der Waals surface area (Å²) in [6.45, 7) is 7.34. The molecular formula is C28H32ClN3O3. The van der Waals surface area contributed by atoms with Crippen LogP contribution in [-0.2, 0) is 24.3 Å². The lowest BCUT2D eigenvalue weighted by atomic mass is 10.1. The van der Waals surface area contributed by atoms with E-state index in [9.17, 15) is 9.59 Å². The van der Waals surface area contributed by atoms with Crippen molar-refractivity contribution in [2.24, 2.45) is 0 Å². The highest BCUT2D eigenvalue weighted by atomic mass is 35.5. The normalized spacial score (nSPS) is 13.8. The molecule has 0 N–H and O–H groups in total. The first-order valence-electron chi connectivity index (χ1n) is 12.0. The smallest absolute Gasteiger partial charge is 0.259 e. The topological polar surface area (TPSA) is 54.8 Å². The summed E-state index contributed by atoms with van der Waals surface area (Å²) in [5, 5.41) is 0.710. The van der Waals surface area contributed by atoms with Gasteiger partial charge in [-0.1, -0.05) is 48.0 Å². The third-order valence-electron chi connectivity index (χ3n) is 6.71. The molecular weight excluding hydrogens is 462 g/mol. The molecule has 0 radical (unpaired) electrons. The number of benzene rings is 2. The Morgan fingerprint density at radius 2 is 1.69 bits per heavy atom. The number of hydrogen-bond donors (Lipinski definition) is 0. The van der Waals surface area contributed by atoms with Gasteiger partial charge in [0.25, 0.3) is 5.91 Å². The van der Waals surface area contributed by atoms with E-state index in [-0.39, 0.29) is 23.5 Å². The molecule has 1 aliphatic rings. The SMILES string of the molecule is COCc1c(C(=O)N2CCN(c3ccccc3C)CC2)c(=O)cc(C)n1CCc1ccccc1Cl. The highest BCUT2D eigenvalue weighted by Gasteiger charge is 2.28. The minimum Gasteiger partial charge on any atom is -0.378 e. The van der Waals surface area contributed by atoms with Crippen molar-refractivity contribution in [2.45, 2.75) is 33.4 Å². The van der Waals surface area contributed by atoms with Crippen molar-refractivity contribution in [3.63, 3.8) is 0 Å². The summed E-state index contributed by atoms with van der Waals surface area (Å²) < 4.78 is 7.47. The van der Waals surface area contributed by atoms with Gasteiger partial charge in [-0.25, -0.2) is 0 Å². The average molecular weight is 494 g/mol. The number of carbonyl (C=O) groups excluding carboxylic acids is 1. The number of hydrogen-bond acceptors (Lipinski definition) is 4. The summed E-state index contributed by atoms with van der Waals surface area (Å²) in [4.78, 5) is 30.8. The van der Waals surface area contributed by atoms with Crippen molar-refractivity contribution in [3.8, 4) is 0 Å². The Morgan fingerprint density at radius 1 is 1.00 bits per heavy atom. The fourth-order valence-corrected chi connectivity index (χ4v) is 5.05. The minimum atomic E-state index is -0.255. The average Bonchev–Trinajstić information content (AvgIpc) is 2.85. The van der Waals surface area contributed by atoms with Crippen LogP contribution in [0.3, 0.4) is 0 Å². The monoisotopic (exact) mass is 493 g/mol. The van der Waals surface area contributed by atoms with E-state index in [1.165, 1.54) is 11.3 Å². The van der Waals surface area contributed by atoms with Crippen LogP contribution < -0.4 is 10.3 Å². The Balaban J connectivity index is 1.58. The van der Waals surface area contributed by atoms with E-state index in [0.29, 0.717) is 36.8 Å². The molecule has 7 heteroatoms. The molecule has 0 unspecified atom stereocenters. The fourth-order valence-electron chi connectivity index (χ4n) is 4.82. The minimum absolute atomic E-state index is 0.184. The second-order valence-corrected chi connectivity index (χ2v) is 9.37. The molecule has 2 aromatic carbocycles. The third-order valence-corrected chi connectivity index (χ3v) is 7.08. The Kier molecular flexibility index (Phi) is 7.93. The molecule has 0 bridgehead atoms. The second kappa shape index (κ2) is 11.1. The maximum Gasteiger partial charge on any atom is 0.259 e. The van der Waals surface area contributed by atoms with E-state index in [1.807, 2.05) is 47.9 Å². The van der Waals surface area contributed by atoms with Gasteiger partial charge in [0, 0.05) is 62.3 Å². The van der Waals surface area contributed by atoms with Gasteiger partial charge in [-0.2, -0.15) is 0 Å². The van der Waals surface area contributed by atoms with Gasteiger partial charge < -0.3 is 19.1 Å². The number of halogens is 1. The number of aromatic nitrogens is 1. The van der Waals surface area contributed by atoms with E-state index >= 15 is 0 Å². The largest absolute Gasteiger partial charge is 0.378 e. The maximum absolute atomic E-state index is 13.6. The number of carbonyl (C=O) groups is 1. The molecule has 1 fully saturated rings. The summed E-state index contributed by atoms with van der Waals surface area (Å²) in [6.07, 6.45) is 0.683. The van der Waals surface area contributed by atoms with Gasteiger partial charge in [0.15, 0.2) is 5.43 Å². The van der Waals surface area contributed by atoms with Crippen molar-refractivity contribution >= 4 is 23.2 Å². The van der Waals surface area contributed by atoms with Crippen LogP contribution in [0.25, 0.3) is 0 Å². The van der Waals surface area contributed by atoms with E-state index in [4.69, 9.17) is 16.3 Å². The third kappa shape index (κ3) is 5.44. The summed E-state index contributed by atoms with van der Waals surface area (Å²) >= 11 is 6.36. The van der Waals surface area contributed by atoms with Gasteiger partial charge >= 0.3 is 0 Å². The number of nitrogens with zero attached hydrogens (tertiary/aromatic N) is 3. The van der Waals surface area contributed by atoms with Crippen molar-refractivity contribution < 1.29 is 9.53 Å². The fraction of sp³-hybridized carbons (Fsp3) is 0.357. The zero-order valence-electron chi connectivity index (χ0n) is 20.6. The number of aryl methyl sites for hydroxylation is 3. The summed E-state index contributed by atoms with van der Waals surface area (Å²) in [5.41, 5.74) is 4.81. The Labute approximate surface area is 211 Å². The molecule has 1 saturated heterocycles. The number of rotatable bonds is 7. The number of ether oxygens (including phenoxy) is 1. The predicted molar refractivity (Wildman–Crippen MR) is 141 cm³/mol. The van der Waals surface area contributed by atoms with Crippen LogP contribution in [0.5, 0.6) is 0 Å². The molecule has 6 nitrogen and oxygen atoms in total. The zero-order valence-corrected chi connectivity index (χ0v) is 21.3. The molecule has 184 valence electrons. The molecule has 2 heterocycles. The van der Waals surface area contributed by atoms with Crippen molar-refractivity contribution in [3.05, 3.63) is 97.9 Å². The molecule has 0 atom stereocenters. The van der Waals surface area contributed by atoms with E-state index in [2.05, 4.69) is 24.0 Å².